The fourth-order valence-corrected chi connectivity index (χ4v) is 4.41. The molecule has 108 valence electrons. The monoisotopic (exact) mass is 343 g/mol. The molecule has 1 aromatic rings. The van der Waals surface area contributed by atoms with Gasteiger partial charge in [0.1, 0.15) is 4.90 Å². The maximum atomic E-state index is 12.0. The molecule has 0 radical (unpaired) electrons. The van der Waals surface area contributed by atoms with Crippen molar-refractivity contribution in [2.24, 2.45) is 0 Å². The van der Waals surface area contributed by atoms with Crippen LogP contribution in [0.5, 0.6) is 0 Å². The summed E-state index contributed by atoms with van der Waals surface area (Å²) < 4.78 is 26.5. The number of sulfonamides is 1. The van der Waals surface area contributed by atoms with Crippen molar-refractivity contribution in [2.45, 2.75) is 11.3 Å². The molecule has 2 N–H and O–H groups in total. The van der Waals surface area contributed by atoms with Crippen LogP contribution in [-0.2, 0) is 10.0 Å². The molecule has 0 aromatic heterocycles. The highest BCUT2D eigenvalue weighted by Gasteiger charge is 2.20. The average molecular weight is 344 g/mol. The summed E-state index contributed by atoms with van der Waals surface area (Å²) in [6, 6.07) is 4.56. The minimum atomic E-state index is -3.69. The Morgan fingerprint density at radius 1 is 1.21 bits per heavy atom. The van der Waals surface area contributed by atoms with Crippen LogP contribution in [0.3, 0.4) is 0 Å². The van der Waals surface area contributed by atoms with E-state index in [1.165, 1.54) is 12.1 Å². The predicted molar refractivity (Wildman–Crippen MR) is 80.7 cm³/mol. The third-order valence-electron chi connectivity index (χ3n) is 2.17. The summed E-state index contributed by atoms with van der Waals surface area (Å²) >= 11 is 13.3. The van der Waals surface area contributed by atoms with Gasteiger partial charge in [-0.15, -0.1) is 0 Å². The zero-order valence-corrected chi connectivity index (χ0v) is 13.2. The lowest BCUT2D eigenvalue weighted by Gasteiger charge is -2.09. The van der Waals surface area contributed by atoms with Gasteiger partial charge in [-0.1, -0.05) is 29.3 Å². The Balaban J connectivity index is 2.57. The Labute approximate surface area is 127 Å². The van der Waals surface area contributed by atoms with Gasteiger partial charge in [0, 0.05) is 18.9 Å². The molecular formula is C11H15Cl2NO3S2. The van der Waals surface area contributed by atoms with E-state index >= 15 is 0 Å². The molecule has 0 fully saturated rings. The molecule has 0 saturated heterocycles. The van der Waals surface area contributed by atoms with Gasteiger partial charge in [-0.05, 0) is 24.3 Å². The van der Waals surface area contributed by atoms with Gasteiger partial charge < -0.3 is 5.11 Å². The molecule has 1 aromatic carbocycles. The number of nitrogens with one attached hydrogen (secondary N) is 1. The highest BCUT2D eigenvalue weighted by molar-refractivity contribution is 7.99. The summed E-state index contributed by atoms with van der Waals surface area (Å²) in [6.45, 7) is 0.438. The molecule has 0 unspecified atom stereocenters. The van der Waals surface area contributed by atoms with Crippen molar-refractivity contribution in [1.82, 2.24) is 4.72 Å². The third kappa shape index (κ3) is 5.49. The quantitative estimate of drug-likeness (QED) is 0.711. The minimum absolute atomic E-state index is 0.0845. The molecule has 0 aliphatic carbocycles. The molecule has 8 heteroatoms. The summed E-state index contributed by atoms with van der Waals surface area (Å²) in [7, 11) is -3.69. The van der Waals surface area contributed by atoms with Crippen LogP contribution >= 0.6 is 35.0 Å². The number of aliphatic hydroxyl groups excluding tert-OH is 1. The number of hydrogen-bond donors (Lipinski definition) is 2. The number of hydrogen-bond acceptors (Lipinski definition) is 4. The van der Waals surface area contributed by atoms with E-state index in [9.17, 15) is 8.42 Å². The molecule has 0 spiro atoms. The van der Waals surface area contributed by atoms with E-state index in [4.69, 9.17) is 28.3 Å². The maximum Gasteiger partial charge on any atom is 0.243 e. The first kappa shape index (κ1) is 17.1. The van der Waals surface area contributed by atoms with Gasteiger partial charge in [0.25, 0.3) is 0 Å². The van der Waals surface area contributed by atoms with Crippen LogP contribution in [-0.4, -0.2) is 38.2 Å². The molecule has 0 saturated carbocycles. The number of aliphatic hydroxyl groups is 1. The number of benzene rings is 1. The van der Waals surface area contributed by atoms with Gasteiger partial charge in [-0.2, -0.15) is 11.8 Å². The van der Waals surface area contributed by atoms with E-state index in [1.54, 1.807) is 17.8 Å². The highest BCUT2D eigenvalue weighted by atomic mass is 35.5. The molecule has 1 rings (SSSR count). The Morgan fingerprint density at radius 2 is 1.84 bits per heavy atom. The normalized spacial score (nSPS) is 11.7. The number of thioether (sulfide) groups is 1. The summed E-state index contributed by atoms with van der Waals surface area (Å²) in [4.78, 5) is -0.0845. The van der Waals surface area contributed by atoms with E-state index in [2.05, 4.69) is 4.72 Å². The van der Waals surface area contributed by atoms with Gasteiger partial charge in [0.2, 0.25) is 10.0 Å². The molecule has 4 nitrogen and oxygen atoms in total. The van der Waals surface area contributed by atoms with Gasteiger partial charge >= 0.3 is 0 Å². The van der Waals surface area contributed by atoms with E-state index in [-0.39, 0.29) is 21.5 Å². The first-order chi connectivity index (χ1) is 8.99. The smallest absolute Gasteiger partial charge is 0.243 e. The lowest BCUT2D eigenvalue weighted by molar-refractivity contribution is 0.296. The Bertz CT molecular complexity index is 488. The number of halogens is 2. The van der Waals surface area contributed by atoms with Gasteiger partial charge in [0.15, 0.2) is 0 Å². The Morgan fingerprint density at radius 3 is 2.42 bits per heavy atom. The largest absolute Gasteiger partial charge is 0.396 e. The summed E-state index contributed by atoms with van der Waals surface area (Å²) in [5.74, 6) is 1.42. The third-order valence-corrected chi connectivity index (χ3v) is 5.66. The molecule has 0 aliphatic heterocycles. The van der Waals surface area contributed by atoms with E-state index in [0.29, 0.717) is 18.7 Å². The van der Waals surface area contributed by atoms with Gasteiger partial charge in [-0.3, -0.25) is 0 Å². The molecule has 0 atom stereocenters. The first-order valence-electron chi connectivity index (χ1n) is 5.61. The zero-order valence-electron chi connectivity index (χ0n) is 10.1. The molecule has 0 aliphatic rings. The van der Waals surface area contributed by atoms with Crippen LogP contribution in [0.25, 0.3) is 0 Å². The lowest BCUT2D eigenvalue weighted by atomic mass is 10.4. The Kier molecular flexibility index (Phi) is 7.49. The molecular weight excluding hydrogens is 329 g/mol. The van der Waals surface area contributed by atoms with Crippen LogP contribution in [0.2, 0.25) is 10.0 Å². The van der Waals surface area contributed by atoms with Crippen molar-refractivity contribution in [3.05, 3.63) is 28.2 Å². The Hall–Kier alpha value is 0.0200. The second-order valence-electron chi connectivity index (χ2n) is 3.64. The molecule has 0 bridgehead atoms. The van der Waals surface area contributed by atoms with Crippen LogP contribution in [0.1, 0.15) is 6.42 Å². The fraction of sp³-hybridized carbons (Fsp3) is 0.455. The second kappa shape index (κ2) is 8.34. The van der Waals surface area contributed by atoms with Gasteiger partial charge in [0.05, 0.1) is 10.0 Å². The predicted octanol–water partition coefficient (Wildman–Crippen LogP) is 2.39. The van der Waals surface area contributed by atoms with Crippen molar-refractivity contribution in [3.8, 4) is 0 Å². The number of rotatable bonds is 8. The summed E-state index contributed by atoms with van der Waals surface area (Å²) in [5.41, 5.74) is 0. The summed E-state index contributed by atoms with van der Waals surface area (Å²) in [5, 5.41) is 8.82. The topological polar surface area (TPSA) is 66.4 Å². The van der Waals surface area contributed by atoms with Crippen LogP contribution in [0, 0.1) is 0 Å². The van der Waals surface area contributed by atoms with Crippen molar-refractivity contribution < 1.29 is 13.5 Å². The van der Waals surface area contributed by atoms with Crippen molar-refractivity contribution in [1.29, 1.82) is 0 Å². The van der Waals surface area contributed by atoms with Gasteiger partial charge in [-0.25, -0.2) is 13.1 Å². The second-order valence-corrected chi connectivity index (χ2v) is 7.38. The van der Waals surface area contributed by atoms with Crippen molar-refractivity contribution in [2.75, 3.05) is 24.7 Å². The highest BCUT2D eigenvalue weighted by Crippen LogP contribution is 2.28. The standard InChI is InChI=1S/C11H15Cl2NO3S2/c12-9-3-1-4-10(13)11(9)19(16,17)14-5-8-18-7-2-6-15/h1,3-4,14-15H,2,5-8H2. The zero-order chi connectivity index (χ0) is 14.3. The lowest BCUT2D eigenvalue weighted by Crippen LogP contribution is -2.26. The van der Waals surface area contributed by atoms with Crippen molar-refractivity contribution >= 4 is 45.0 Å². The molecule has 0 amide bonds. The molecule has 0 heterocycles. The van der Waals surface area contributed by atoms with Crippen LogP contribution < -0.4 is 4.72 Å². The van der Waals surface area contributed by atoms with Crippen molar-refractivity contribution in [3.63, 3.8) is 0 Å². The SMILES string of the molecule is O=S(=O)(NCCSCCCO)c1c(Cl)cccc1Cl. The molecule has 19 heavy (non-hydrogen) atoms. The van der Waals surface area contributed by atoms with E-state index < -0.39 is 10.0 Å². The maximum absolute atomic E-state index is 12.0. The average Bonchev–Trinajstić information content (AvgIpc) is 2.33. The van der Waals surface area contributed by atoms with E-state index in [0.717, 1.165) is 5.75 Å². The van der Waals surface area contributed by atoms with E-state index in [1.807, 2.05) is 0 Å². The first-order valence-corrected chi connectivity index (χ1v) is 9.00. The van der Waals surface area contributed by atoms with Crippen LogP contribution in [0.4, 0.5) is 0 Å². The van der Waals surface area contributed by atoms with Crippen LogP contribution in [0.15, 0.2) is 23.1 Å². The fourth-order valence-electron chi connectivity index (χ4n) is 1.33. The summed E-state index contributed by atoms with van der Waals surface area (Å²) in [6.07, 6.45) is 0.702. The minimum Gasteiger partial charge on any atom is -0.396 e.